The highest BCUT2D eigenvalue weighted by Gasteiger charge is 2.31. The Morgan fingerprint density at radius 2 is 2.00 bits per heavy atom. The molecule has 2 aliphatic rings. The van der Waals surface area contributed by atoms with Gasteiger partial charge in [0.1, 0.15) is 0 Å². The number of amides is 1. The minimum absolute atomic E-state index is 0.201. The third-order valence-corrected chi connectivity index (χ3v) is 4.35. The van der Waals surface area contributed by atoms with E-state index in [1.54, 1.807) is 0 Å². The average Bonchev–Trinajstić information content (AvgIpc) is 2.39. The molecule has 3 rings (SSSR count). The molecule has 0 aromatic heterocycles. The van der Waals surface area contributed by atoms with Crippen molar-refractivity contribution in [3.63, 3.8) is 0 Å². The van der Waals surface area contributed by atoms with E-state index in [2.05, 4.69) is 21.2 Å². The summed E-state index contributed by atoms with van der Waals surface area (Å²) < 4.78 is 1.03. The number of hydrogen-bond donors (Lipinski definition) is 1. The van der Waals surface area contributed by atoms with Crippen molar-refractivity contribution in [3.05, 3.63) is 22.7 Å². The molecule has 1 heterocycles. The molecule has 0 saturated heterocycles. The molecule has 4 heteroatoms. The SMILES string of the molecule is O=C1CNc2ccc(Br)cc2N1C1CCCCC1. The minimum atomic E-state index is 0.201. The van der Waals surface area contributed by atoms with Gasteiger partial charge in [0.2, 0.25) is 5.91 Å². The van der Waals surface area contributed by atoms with Crippen LogP contribution in [0.1, 0.15) is 32.1 Å². The summed E-state index contributed by atoms with van der Waals surface area (Å²) in [6.07, 6.45) is 6.06. The largest absolute Gasteiger partial charge is 0.374 e. The lowest BCUT2D eigenvalue weighted by Crippen LogP contribution is -2.47. The Balaban J connectivity index is 1.97. The molecule has 18 heavy (non-hydrogen) atoms. The monoisotopic (exact) mass is 308 g/mol. The van der Waals surface area contributed by atoms with Gasteiger partial charge in [0, 0.05) is 10.5 Å². The molecule has 1 aliphatic heterocycles. The third-order valence-electron chi connectivity index (χ3n) is 3.86. The summed E-state index contributed by atoms with van der Waals surface area (Å²) in [7, 11) is 0. The molecule has 1 amide bonds. The van der Waals surface area contributed by atoms with E-state index in [4.69, 9.17) is 0 Å². The number of anilines is 2. The first-order valence-corrected chi connectivity index (χ1v) is 7.40. The number of rotatable bonds is 1. The van der Waals surface area contributed by atoms with E-state index in [1.807, 2.05) is 23.1 Å². The molecule has 3 nitrogen and oxygen atoms in total. The molecule has 1 saturated carbocycles. The predicted octanol–water partition coefficient (Wildman–Crippen LogP) is 3.54. The number of hydrogen-bond acceptors (Lipinski definition) is 2. The van der Waals surface area contributed by atoms with Crippen molar-refractivity contribution in [2.45, 2.75) is 38.1 Å². The Bertz CT molecular complexity index is 469. The molecule has 0 unspecified atom stereocenters. The van der Waals surface area contributed by atoms with E-state index in [-0.39, 0.29) is 5.91 Å². The normalized spacial score (nSPS) is 20.5. The standard InChI is InChI=1S/C14H17BrN2O/c15-10-6-7-12-13(8-10)17(14(18)9-16-12)11-4-2-1-3-5-11/h6-8,11,16H,1-5,9H2. The highest BCUT2D eigenvalue weighted by molar-refractivity contribution is 9.10. The number of fused-ring (bicyclic) bond motifs is 1. The highest BCUT2D eigenvalue weighted by atomic mass is 79.9. The van der Waals surface area contributed by atoms with Crippen LogP contribution in [0.15, 0.2) is 22.7 Å². The van der Waals surface area contributed by atoms with Crippen molar-refractivity contribution < 1.29 is 4.79 Å². The summed E-state index contributed by atoms with van der Waals surface area (Å²) in [5, 5.41) is 3.20. The molecule has 0 atom stereocenters. The summed E-state index contributed by atoms with van der Waals surface area (Å²) in [5.41, 5.74) is 2.11. The van der Waals surface area contributed by atoms with Crippen LogP contribution in [-0.2, 0) is 4.79 Å². The van der Waals surface area contributed by atoms with Gasteiger partial charge in [-0.15, -0.1) is 0 Å². The maximum absolute atomic E-state index is 12.2. The molecule has 0 spiro atoms. The van der Waals surface area contributed by atoms with E-state index in [9.17, 15) is 4.79 Å². The summed E-state index contributed by atoms with van der Waals surface area (Å²) in [6, 6.07) is 6.50. The Morgan fingerprint density at radius 3 is 2.78 bits per heavy atom. The quantitative estimate of drug-likeness (QED) is 0.860. The van der Waals surface area contributed by atoms with Gasteiger partial charge in [0.25, 0.3) is 0 Å². The van der Waals surface area contributed by atoms with Gasteiger partial charge in [-0.1, -0.05) is 35.2 Å². The molecule has 1 aromatic carbocycles. The second kappa shape index (κ2) is 4.92. The van der Waals surface area contributed by atoms with Crippen LogP contribution in [0.4, 0.5) is 11.4 Å². The number of benzene rings is 1. The van der Waals surface area contributed by atoms with Crippen LogP contribution in [0.2, 0.25) is 0 Å². The molecule has 1 fully saturated rings. The average molecular weight is 309 g/mol. The maximum Gasteiger partial charge on any atom is 0.246 e. The first-order valence-electron chi connectivity index (χ1n) is 6.61. The molecular weight excluding hydrogens is 292 g/mol. The Kier molecular flexibility index (Phi) is 3.29. The Morgan fingerprint density at radius 1 is 1.22 bits per heavy atom. The fourth-order valence-corrected chi connectivity index (χ4v) is 3.33. The van der Waals surface area contributed by atoms with E-state index in [0.29, 0.717) is 12.6 Å². The van der Waals surface area contributed by atoms with Gasteiger partial charge >= 0.3 is 0 Å². The van der Waals surface area contributed by atoms with Crippen LogP contribution in [0.5, 0.6) is 0 Å². The van der Waals surface area contributed by atoms with Crippen LogP contribution in [0.25, 0.3) is 0 Å². The smallest absolute Gasteiger partial charge is 0.246 e. The topological polar surface area (TPSA) is 32.3 Å². The van der Waals surface area contributed by atoms with Crippen molar-refractivity contribution in [3.8, 4) is 0 Å². The van der Waals surface area contributed by atoms with Crippen molar-refractivity contribution in [1.82, 2.24) is 0 Å². The van der Waals surface area contributed by atoms with Gasteiger partial charge in [-0.05, 0) is 31.0 Å². The molecule has 1 aromatic rings. The highest BCUT2D eigenvalue weighted by Crippen LogP contribution is 2.36. The minimum Gasteiger partial charge on any atom is -0.374 e. The second-order valence-corrected chi connectivity index (χ2v) is 5.99. The zero-order valence-corrected chi connectivity index (χ0v) is 11.9. The number of nitrogens with zero attached hydrogens (tertiary/aromatic N) is 1. The first kappa shape index (κ1) is 12.0. The predicted molar refractivity (Wildman–Crippen MR) is 77.0 cm³/mol. The molecule has 1 aliphatic carbocycles. The van der Waals surface area contributed by atoms with Crippen molar-refractivity contribution in [2.24, 2.45) is 0 Å². The van der Waals surface area contributed by atoms with E-state index >= 15 is 0 Å². The molecule has 96 valence electrons. The summed E-state index contributed by atoms with van der Waals surface area (Å²) in [6.45, 7) is 0.422. The van der Waals surface area contributed by atoms with E-state index < -0.39 is 0 Å². The number of halogens is 1. The molecule has 1 N–H and O–H groups in total. The third kappa shape index (κ3) is 2.14. The van der Waals surface area contributed by atoms with Crippen LogP contribution in [-0.4, -0.2) is 18.5 Å². The summed E-state index contributed by atoms with van der Waals surface area (Å²) >= 11 is 3.50. The van der Waals surface area contributed by atoms with Crippen molar-refractivity contribution in [1.29, 1.82) is 0 Å². The second-order valence-electron chi connectivity index (χ2n) is 5.07. The van der Waals surface area contributed by atoms with Crippen molar-refractivity contribution in [2.75, 3.05) is 16.8 Å². The Hall–Kier alpha value is -1.03. The lowest BCUT2D eigenvalue weighted by Gasteiger charge is -2.38. The van der Waals surface area contributed by atoms with Gasteiger partial charge in [-0.3, -0.25) is 4.79 Å². The zero-order chi connectivity index (χ0) is 12.5. The van der Waals surface area contributed by atoms with Gasteiger partial charge in [0.05, 0.1) is 17.9 Å². The number of carbonyl (C=O) groups is 1. The molecule has 0 bridgehead atoms. The lowest BCUT2D eigenvalue weighted by atomic mass is 9.93. The lowest BCUT2D eigenvalue weighted by molar-refractivity contribution is -0.117. The number of nitrogens with one attached hydrogen (secondary N) is 1. The fourth-order valence-electron chi connectivity index (χ4n) is 2.98. The van der Waals surface area contributed by atoms with E-state index in [0.717, 1.165) is 28.7 Å². The zero-order valence-electron chi connectivity index (χ0n) is 10.3. The Labute approximate surface area is 116 Å². The molecule has 0 radical (unpaired) electrons. The van der Waals surface area contributed by atoms with Gasteiger partial charge in [0.15, 0.2) is 0 Å². The van der Waals surface area contributed by atoms with Crippen molar-refractivity contribution >= 4 is 33.2 Å². The van der Waals surface area contributed by atoms with Gasteiger partial charge < -0.3 is 10.2 Å². The first-order chi connectivity index (χ1) is 8.75. The van der Waals surface area contributed by atoms with Gasteiger partial charge in [-0.2, -0.15) is 0 Å². The van der Waals surface area contributed by atoms with Crippen LogP contribution < -0.4 is 10.2 Å². The van der Waals surface area contributed by atoms with Crippen LogP contribution >= 0.6 is 15.9 Å². The van der Waals surface area contributed by atoms with Crippen LogP contribution in [0.3, 0.4) is 0 Å². The maximum atomic E-state index is 12.2. The summed E-state index contributed by atoms with van der Waals surface area (Å²) in [4.78, 5) is 14.2. The fraction of sp³-hybridized carbons (Fsp3) is 0.500. The van der Waals surface area contributed by atoms with Crippen LogP contribution in [0, 0.1) is 0 Å². The summed E-state index contributed by atoms with van der Waals surface area (Å²) in [5.74, 6) is 0.201. The van der Waals surface area contributed by atoms with E-state index in [1.165, 1.54) is 19.3 Å². The van der Waals surface area contributed by atoms with Gasteiger partial charge in [-0.25, -0.2) is 0 Å². The molecular formula is C14H17BrN2O. The number of carbonyl (C=O) groups excluding carboxylic acids is 1.